The van der Waals surface area contributed by atoms with Crippen LogP contribution in [-0.4, -0.2) is 13.8 Å². The van der Waals surface area contributed by atoms with Gasteiger partial charge in [-0.15, -0.1) is 0 Å². The van der Waals surface area contributed by atoms with Crippen molar-refractivity contribution in [3.63, 3.8) is 0 Å². The summed E-state index contributed by atoms with van der Waals surface area (Å²) in [6.07, 6.45) is 0.649. The monoisotopic (exact) mass is 134 g/mol. The molecule has 0 unspecified atom stereocenters. The molecule has 0 saturated carbocycles. The van der Waals surface area contributed by atoms with E-state index in [2.05, 4.69) is 0 Å². The summed E-state index contributed by atoms with van der Waals surface area (Å²) in [5.74, 6) is 0.438. The molecule has 0 aliphatic heterocycles. The Hall–Kier alpha value is -0.310. The van der Waals surface area contributed by atoms with Crippen LogP contribution >= 0.6 is 0 Å². The summed E-state index contributed by atoms with van der Waals surface area (Å²) in [5.41, 5.74) is 0. The van der Waals surface area contributed by atoms with Crippen molar-refractivity contribution in [3.05, 3.63) is 0 Å². The van der Waals surface area contributed by atoms with Crippen LogP contribution in [-0.2, 0) is 10.3 Å². The molecule has 0 heterocycles. The van der Waals surface area contributed by atoms with Gasteiger partial charge in [0.2, 0.25) is 10.3 Å². The fraction of sp³-hybridized carbons (Fsp3) is 0.800. The van der Waals surface area contributed by atoms with E-state index >= 15 is 0 Å². The largest absolute Gasteiger partial charge is 0.209 e. The lowest BCUT2D eigenvalue weighted by molar-refractivity contribution is 0.625. The fourth-order valence-electron chi connectivity index (χ4n) is 0.271. The smallest absolute Gasteiger partial charge is 0.185 e. The Kier molecular flexibility index (Phi) is 3.52. The van der Waals surface area contributed by atoms with Gasteiger partial charge in [-0.05, 0) is 12.3 Å². The third-order valence-corrected chi connectivity index (χ3v) is 1.17. The van der Waals surface area contributed by atoms with Crippen LogP contribution in [0, 0.1) is 5.92 Å². The summed E-state index contributed by atoms with van der Waals surface area (Å²) in [7, 11) is -1.96. The molecule has 0 radical (unpaired) electrons. The zero-order valence-corrected chi connectivity index (χ0v) is 5.90. The van der Waals surface area contributed by atoms with Gasteiger partial charge in [-0.3, -0.25) is 0 Å². The summed E-state index contributed by atoms with van der Waals surface area (Å²) in [4.78, 5) is 0. The average molecular weight is 134 g/mol. The molecule has 0 saturated heterocycles. The first kappa shape index (κ1) is 7.69. The van der Waals surface area contributed by atoms with Crippen molar-refractivity contribution in [1.82, 2.24) is 0 Å². The SMILES string of the molecule is CC(C)CC=S(=O)=O. The molecule has 0 spiro atoms. The lowest BCUT2D eigenvalue weighted by Crippen LogP contribution is -1.86. The van der Waals surface area contributed by atoms with E-state index in [1.165, 1.54) is 5.37 Å². The number of hydrogen-bond acceptors (Lipinski definition) is 2. The van der Waals surface area contributed by atoms with Gasteiger partial charge < -0.3 is 0 Å². The van der Waals surface area contributed by atoms with E-state index in [1.54, 1.807) is 0 Å². The standard InChI is InChI=1S/C5H10O2S/c1-5(2)3-4-8(6)7/h4-5H,3H2,1-2H3. The minimum atomic E-state index is -1.96. The van der Waals surface area contributed by atoms with Gasteiger partial charge in [0.25, 0.3) is 0 Å². The molecule has 0 aliphatic carbocycles. The zero-order chi connectivity index (χ0) is 6.57. The van der Waals surface area contributed by atoms with E-state index in [9.17, 15) is 8.42 Å². The lowest BCUT2D eigenvalue weighted by Gasteiger charge is -1.91. The van der Waals surface area contributed by atoms with Crippen molar-refractivity contribution in [2.24, 2.45) is 5.92 Å². The van der Waals surface area contributed by atoms with E-state index in [0.717, 1.165) is 0 Å². The molecule has 0 aliphatic rings. The maximum atomic E-state index is 9.85. The first-order valence-electron chi connectivity index (χ1n) is 2.54. The van der Waals surface area contributed by atoms with Crippen molar-refractivity contribution in [1.29, 1.82) is 0 Å². The molecule has 0 aromatic rings. The summed E-state index contributed by atoms with van der Waals surface area (Å²) in [6.45, 7) is 3.95. The molecule has 3 heteroatoms. The predicted molar refractivity (Wildman–Crippen MR) is 34.4 cm³/mol. The number of hydrogen-bond donors (Lipinski definition) is 0. The van der Waals surface area contributed by atoms with Crippen molar-refractivity contribution in [2.75, 3.05) is 0 Å². The number of rotatable bonds is 2. The average Bonchev–Trinajstić information content (AvgIpc) is 1.61. The van der Waals surface area contributed by atoms with E-state index < -0.39 is 10.3 Å². The van der Waals surface area contributed by atoms with Crippen LogP contribution in [0.1, 0.15) is 20.3 Å². The van der Waals surface area contributed by atoms with Gasteiger partial charge in [0.1, 0.15) is 0 Å². The van der Waals surface area contributed by atoms with Gasteiger partial charge in [-0.25, -0.2) is 0 Å². The molecule has 0 bridgehead atoms. The summed E-state index contributed by atoms with van der Waals surface area (Å²) in [6, 6.07) is 0. The summed E-state index contributed by atoms with van der Waals surface area (Å²) in [5, 5.41) is 1.28. The summed E-state index contributed by atoms with van der Waals surface area (Å²) < 4.78 is 19.7. The van der Waals surface area contributed by atoms with Crippen LogP contribution in [0.25, 0.3) is 0 Å². The topological polar surface area (TPSA) is 34.1 Å². The van der Waals surface area contributed by atoms with Gasteiger partial charge >= 0.3 is 0 Å². The van der Waals surface area contributed by atoms with Gasteiger partial charge in [0.15, 0.2) is 0 Å². The summed E-state index contributed by atoms with van der Waals surface area (Å²) >= 11 is 0. The Labute approximate surface area is 51.1 Å². The van der Waals surface area contributed by atoms with Gasteiger partial charge in [0, 0.05) is 5.37 Å². The highest BCUT2D eigenvalue weighted by Crippen LogP contribution is 1.93. The first-order valence-corrected chi connectivity index (χ1v) is 3.68. The normalized spacial score (nSPS) is 9.38. The minimum Gasteiger partial charge on any atom is -0.185 e. The zero-order valence-electron chi connectivity index (χ0n) is 5.09. The Morgan fingerprint density at radius 2 is 2.00 bits per heavy atom. The molecule has 0 aromatic carbocycles. The quantitative estimate of drug-likeness (QED) is 0.521. The molecule has 0 fully saturated rings. The molecule has 2 nitrogen and oxygen atoms in total. The molecule has 0 N–H and O–H groups in total. The molecular formula is C5H10O2S. The van der Waals surface area contributed by atoms with Crippen LogP contribution in [0.5, 0.6) is 0 Å². The van der Waals surface area contributed by atoms with Crippen LogP contribution in [0.4, 0.5) is 0 Å². The third-order valence-electron chi connectivity index (χ3n) is 0.704. The highest BCUT2D eigenvalue weighted by atomic mass is 32.2. The molecule has 0 aromatic heterocycles. The lowest BCUT2D eigenvalue weighted by atomic mass is 10.2. The second-order valence-corrected chi connectivity index (χ2v) is 2.91. The van der Waals surface area contributed by atoms with Crippen LogP contribution in [0.3, 0.4) is 0 Å². The second kappa shape index (κ2) is 3.66. The molecule has 8 heavy (non-hydrogen) atoms. The van der Waals surface area contributed by atoms with Gasteiger partial charge in [-0.1, -0.05) is 13.8 Å². The van der Waals surface area contributed by atoms with E-state index in [4.69, 9.17) is 0 Å². The van der Waals surface area contributed by atoms with Crippen LogP contribution in [0.15, 0.2) is 0 Å². The molecule has 0 amide bonds. The van der Waals surface area contributed by atoms with Crippen molar-refractivity contribution in [3.8, 4) is 0 Å². The Bertz CT molecular complexity index is 157. The highest BCUT2D eigenvalue weighted by molar-refractivity contribution is 7.71. The molecule has 0 atom stereocenters. The van der Waals surface area contributed by atoms with E-state index in [-0.39, 0.29) is 0 Å². The predicted octanol–water partition coefficient (Wildman–Crippen LogP) is 0.714. The first-order chi connectivity index (χ1) is 3.63. The fourth-order valence-corrected chi connectivity index (χ4v) is 0.813. The Balaban J connectivity index is 3.62. The van der Waals surface area contributed by atoms with E-state index in [0.29, 0.717) is 12.3 Å². The maximum Gasteiger partial charge on any atom is 0.209 e. The van der Waals surface area contributed by atoms with Crippen molar-refractivity contribution >= 4 is 15.7 Å². The molecular weight excluding hydrogens is 124 g/mol. The second-order valence-electron chi connectivity index (χ2n) is 2.06. The van der Waals surface area contributed by atoms with Crippen molar-refractivity contribution < 1.29 is 8.42 Å². The van der Waals surface area contributed by atoms with E-state index in [1.807, 2.05) is 13.8 Å². The van der Waals surface area contributed by atoms with Crippen LogP contribution in [0.2, 0.25) is 0 Å². The highest BCUT2D eigenvalue weighted by Gasteiger charge is 1.86. The molecule has 48 valence electrons. The molecule has 0 rings (SSSR count). The Morgan fingerprint density at radius 3 is 2.12 bits per heavy atom. The van der Waals surface area contributed by atoms with Crippen molar-refractivity contribution in [2.45, 2.75) is 20.3 Å². The maximum absolute atomic E-state index is 9.85. The van der Waals surface area contributed by atoms with Gasteiger partial charge in [-0.2, -0.15) is 8.42 Å². The minimum absolute atomic E-state index is 0.438. The Morgan fingerprint density at radius 1 is 1.50 bits per heavy atom. The van der Waals surface area contributed by atoms with Gasteiger partial charge in [0.05, 0.1) is 0 Å². The third kappa shape index (κ3) is 5.69. The van der Waals surface area contributed by atoms with Crippen LogP contribution < -0.4 is 0 Å².